The lowest BCUT2D eigenvalue weighted by Crippen LogP contribution is -2.50. The normalized spacial score (nSPS) is 16.0. The Morgan fingerprint density at radius 1 is 1.29 bits per heavy atom. The number of hydrogen-bond acceptors (Lipinski definition) is 2. The fraction of sp³-hybridized carbons (Fsp3) is 0.562. The molecule has 1 amide bonds. The van der Waals surface area contributed by atoms with Crippen LogP contribution >= 0.6 is 0 Å². The van der Waals surface area contributed by atoms with Gasteiger partial charge in [0.2, 0.25) is 6.43 Å². The average Bonchev–Trinajstić information content (AvgIpc) is 2.26. The van der Waals surface area contributed by atoms with E-state index in [1.807, 2.05) is 32.9 Å². The molecule has 0 atom stereocenters. The van der Waals surface area contributed by atoms with Crippen LogP contribution in [0.25, 0.3) is 0 Å². The summed E-state index contributed by atoms with van der Waals surface area (Å²) in [5.41, 5.74) is 1.23. The van der Waals surface area contributed by atoms with Crippen molar-refractivity contribution in [3.63, 3.8) is 0 Å². The van der Waals surface area contributed by atoms with Crippen LogP contribution in [0.4, 0.5) is 13.6 Å². The largest absolute Gasteiger partial charge is 0.444 e. The molecule has 0 aliphatic carbocycles. The first kappa shape index (κ1) is 15.7. The van der Waals surface area contributed by atoms with Crippen LogP contribution in [0.15, 0.2) is 24.3 Å². The molecule has 0 spiro atoms. The fourth-order valence-electron chi connectivity index (χ4n) is 2.27. The van der Waals surface area contributed by atoms with Crippen molar-refractivity contribution in [3.8, 4) is 0 Å². The summed E-state index contributed by atoms with van der Waals surface area (Å²) in [6.45, 7) is 6.74. The van der Waals surface area contributed by atoms with Crippen molar-refractivity contribution < 1.29 is 18.3 Å². The number of halogens is 2. The zero-order valence-corrected chi connectivity index (χ0v) is 12.6. The summed E-state index contributed by atoms with van der Waals surface area (Å²) < 4.78 is 29.8. The highest BCUT2D eigenvalue weighted by molar-refractivity contribution is 5.69. The Morgan fingerprint density at radius 2 is 1.86 bits per heavy atom. The zero-order chi connectivity index (χ0) is 15.6. The third-order valence-corrected chi connectivity index (χ3v) is 3.37. The summed E-state index contributed by atoms with van der Waals surface area (Å²) in [7, 11) is 0. The topological polar surface area (TPSA) is 29.5 Å². The summed E-state index contributed by atoms with van der Waals surface area (Å²) >= 11 is 0. The monoisotopic (exact) mass is 297 g/mol. The molecule has 0 saturated carbocycles. The van der Waals surface area contributed by atoms with Crippen LogP contribution in [0.5, 0.6) is 0 Å². The van der Waals surface area contributed by atoms with Crippen molar-refractivity contribution in [2.24, 2.45) is 0 Å². The number of alkyl halides is 2. The van der Waals surface area contributed by atoms with Crippen molar-refractivity contribution in [2.75, 3.05) is 13.1 Å². The molecule has 0 unspecified atom stereocenters. The Kier molecular flexibility index (Phi) is 4.49. The molecule has 0 aromatic heterocycles. The highest BCUT2D eigenvalue weighted by Crippen LogP contribution is 2.28. The number of ether oxygens (including phenoxy) is 1. The second kappa shape index (κ2) is 6.00. The summed E-state index contributed by atoms with van der Waals surface area (Å²) in [5.74, 6) is 0.262. The molecule has 1 aromatic rings. The zero-order valence-electron chi connectivity index (χ0n) is 12.6. The van der Waals surface area contributed by atoms with Gasteiger partial charge in [0.1, 0.15) is 5.60 Å². The molecular weight excluding hydrogens is 276 g/mol. The smallest absolute Gasteiger partial charge is 0.410 e. The number of hydrogen-bond donors (Lipinski definition) is 0. The van der Waals surface area contributed by atoms with Crippen molar-refractivity contribution in [1.29, 1.82) is 0 Å². The van der Waals surface area contributed by atoms with Gasteiger partial charge >= 0.3 is 6.09 Å². The van der Waals surface area contributed by atoms with E-state index in [0.29, 0.717) is 18.7 Å². The summed E-state index contributed by atoms with van der Waals surface area (Å²) in [5, 5.41) is 0. The van der Waals surface area contributed by atoms with Crippen molar-refractivity contribution in [3.05, 3.63) is 35.4 Å². The van der Waals surface area contributed by atoms with E-state index in [2.05, 4.69) is 0 Å². The van der Waals surface area contributed by atoms with Gasteiger partial charge in [0.15, 0.2) is 0 Å². The van der Waals surface area contributed by atoms with Crippen LogP contribution in [0.1, 0.15) is 37.8 Å². The van der Waals surface area contributed by atoms with Gasteiger partial charge < -0.3 is 9.64 Å². The molecule has 0 radical (unpaired) electrons. The van der Waals surface area contributed by atoms with E-state index in [1.165, 1.54) is 0 Å². The molecule has 1 heterocycles. The molecule has 1 fully saturated rings. The molecule has 5 heteroatoms. The molecular formula is C16H21F2NO2. The maximum atomic E-state index is 12.3. The minimum Gasteiger partial charge on any atom is -0.444 e. The number of benzene rings is 1. The Hall–Kier alpha value is -1.65. The van der Waals surface area contributed by atoms with Crippen molar-refractivity contribution >= 4 is 6.09 Å². The quantitative estimate of drug-likeness (QED) is 0.848. The van der Waals surface area contributed by atoms with Crippen LogP contribution in [0.3, 0.4) is 0 Å². The number of nitrogens with zero attached hydrogens (tertiary/aromatic N) is 1. The summed E-state index contributed by atoms with van der Waals surface area (Å²) in [4.78, 5) is 13.5. The molecule has 1 aromatic carbocycles. The first-order valence-electron chi connectivity index (χ1n) is 7.09. The Bertz CT molecular complexity index is 488. The van der Waals surface area contributed by atoms with Crippen LogP contribution < -0.4 is 0 Å². The van der Waals surface area contributed by atoms with E-state index in [4.69, 9.17) is 4.74 Å². The van der Waals surface area contributed by atoms with E-state index in [9.17, 15) is 13.6 Å². The van der Waals surface area contributed by atoms with Gasteiger partial charge in [0.05, 0.1) is 0 Å². The van der Waals surface area contributed by atoms with Gasteiger partial charge in [-0.05, 0) is 31.9 Å². The molecule has 1 aliphatic heterocycles. The first-order chi connectivity index (χ1) is 9.74. The van der Waals surface area contributed by atoms with Gasteiger partial charge in [-0.3, -0.25) is 0 Å². The molecule has 1 aliphatic rings. The number of rotatable bonds is 3. The van der Waals surface area contributed by atoms with Gasteiger partial charge in [-0.1, -0.05) is 24.3 Å². The molecule has 1 saturated heterocycles. The molecule has 116 valence electrons. The third-order valence-electron chi connectivity index (χ3n) is 3.37. The number of likely N-dealkylation sites (tertiary alicyclic amines) is 1. The van der Waals surface area contributed by atoms with Gasteiger partial charge in [-0.2, -0.15) is 0 Å². The molecule has 2 rings (SSSR count). The summed E-state index contributed by atoms with van der Waals surface area (Å²) in [6, 6.07) is 7.21. The maximum absolute atomic E-state index is 12.3. The van der Waals surface area contributed by atoms with Crippen molar-refractivity contribution in [2.45, 2.75) is 45.1 Å². The second-order valence-corrected chi connectivity index (χ2v) is 6.42. The van der Waals surface area contributed by atoms with Crippen LogP contribution in [-0.2, 0) is 11.2 Å². The lowest BCUT2D eigenvalue weighted by molar-refractivity contribution is 0.00818. The fourth-order valence-corrected chi connectivity index (χ4v) is 2.27. The van der Waals surface area contributed by atoms with Crippen LogP contribution in [0.2, 0.25) is 0 Å². The predicted molar refractivity (Wildman–Crippen MR) is 76.7 cm³/mol. The predicted octanol–water partition coefficient (Wildman–Crippen LogP) is 3.83. The standard InChI is InChI=1S/C16H21F2NO2/c1-16(2,3)21-15(20)19-9-13(10-19)12-6-4-11(5-7-12)8-14(17)18/h4-7,13-14H,8-10H2,1-3H3. The van der Waals surface area contributed by atoms with E-state index in [-0.39, 0.29) is 18.4 Å². The second-order valence-electron chi connectivity index (χ2n) is 6.42. The van der Waals surface area contributed by atoms with Crippen LogP contribution in [-0.4, -0.2) is 36.1 Å². The van der Waals surface area contributed by atoms with E-state index in [0.717, 1.165) is 5.56 Å². The van der Waals surface area contributed by atoms with Gasteiger partial charge in [-0.15, -0.1) is 0 Å². The van der Waals surface area contributed by atoms with Gasteiger partial charge in [-0.25, -0.2) is 13.6 Å². The minimum absolute atomic E-state index is 0.213. The highest BCUT2D eigenvalue weighted by atomic mass is 19.3. The minimum atomic E-state index is -2.32. The first-order valence-corrected chi connectivity index (χ1v) is 7.09. The lowest BCUT2D eigenvalue weighted by atomic mass is 9.91. The van der Waals surface area contributed by atoms with Gasteiger partial charge in [0.25, 0.3) is 0 Å². The number of carbonyl (C=O) groups is 1. The highest BCUT2D eigenvalue weighted by Gasteiger charge is 2.34. The molecule has 21 heavy (non-hydrogen) atoms. The molecule has 0 bridgehead atoms. The van der Waals surface area contributed by atoms with E-state index < -0.39 is 12.0 Å². The number of amides is 1. The van der Waals surface area contributed by atoms with Crippen molar-refractivity contribution in [1.82, 2.24) is 4.90 Å². The van der Waals surface area contributed by atoms with E-state index in [1.54, 1.807) is 17.0 Å². The Labute approximate surface area is 123 Å². The Balaban J connectivity index is 1.85. The van der Waals surface area contributed by atoms with Gasteiger partial charge in [0, 0.05) is 25.4 Å². The lowest BCUT2D eigenvalue weighted by Gasteiger charge is -2.40. The SMILES string of the molecule is CC(C)(C)OC(=O)N1CC(c2ccc(CC(F)F)cc2)C1. The maximum Gasteiger partial charge on any atom is 0.410 e. The number of carbonyl (C=O) groups excluding carboxylic acids is 1. The average molecular weight is 297 g/mol. The molecule has 0 N–H and O–H groups in total. The van der Waals surface area contributed by atoms with Crippen LogP contribution in [0, 0.1) is 0 Å². The summed E-state index contributed by atoms with van der Waals surface area (Å²) in [6.07, 6.45) is -2.83. The van der Waals surface area contributed by atoms with E-state index >= 15 is 0 Å². The Morgan fingerprint density at radius 3 is 2.33 bits per heavy atom. The molecule has 3 nitrogen and oxygen atoms in total. The third kappa shape index (κ3) is 4.41.